The highest BCUT2D eigenvalue weighted by atomic mass is 35.5. The van der Waals surface area contributed by atoms with Gasteiger partial charge in [-0.25, -0.2) is 9.67 Å². The van der Waals surface area contributed by atoms with E-state index in [-0.39, 0.29) is 0 Å². The molecule has 1 aromatic heterocycles. The molecule has 1 saturated carbocycles. The van der Waals surface area contributed by atoms with Crippen molar-refractivity contribution in [3.8, 4) is 0 Å². The van der Waals surface area contributed by atoms with Gasteiger partial charge in [-0.15, -0.1) is 11.6 Å². The number of aryl methyl sites for hydroxylation is 1. The molecule has 2 unspecified atom stereocenters. The number of hydrogen-bond acceptors (Lipinski definition) is 3. The third-order valence-corrected chi connectivity index (χ3v) is 3.77. The van der Waals surface area contributed by atoms with Crippen LogP contribution in [0, 0.1) is 5.92 Å². The molecule has 1 fully saturated rings. The summed E-state index contributed by atoms with van der Waals surface area (Å²) >= 11 is 5.95. The first-order chi connectivity index (χ1) is 7.85. The monoisotopic (exact) mass is 242 g/mol. The molecule has 1 N–H and O–H groups in total. The lowest BCUT2D eigenvalue weighted by molar-refractivity contribution is 0.417. The smallest absolute Gasteiger partial charge is 0.140 e. The van der Waals surface area contributed by atoms with E-state index in [4.69, 9.17) is 11.6 Å². The fraction of sp³-hybridized carbons (Fsp3) is 0.818. The fourth-order valence-electron chi connectivity index (χ4n) is 2.40. The summed E-state index contributed by atoms with van der Waals surface area (Å²) in [4.78, 5) is 4.26. The van der Waals surface area contributed by atoms with Crippen molar-refractivity contribution in [2.75, 3.05) is 5.88 Å². The van der Waals surface area contributed by atoms with E-state index < -0.39 is 0 Å². The van der Waals surface area contributed by atoms with Gasteiger partial charge in [-0.2, -0.15) is 5.10 Å². The van der Waals surface area contributed by atoms with Gasteiger partial charge in [-0.05, 0) is 25.7 Å². The van der Waals surface area contributed by atoms with E-state index in [0.717, 1.165) is 24.8 Å². The van der Waals surface area contributed by atoms with Gasteiger partial charge in [0.25, 0.3) is 0 Å². The molecular formula is C11H19ClN4. The van der Waals surface area contributed by atoms with Gasteiger partial charge in [0.2, 0.25) is 0 Å². The molecule has 16 heavy (non-hydrogen) atoms. The zero-order valence-corrected chi connectivity index (χ0v) is 10.5. The van der Waals surface area contributed by atoms with E-state index in [1.165, 1.54) is 19.3 Å². The maximum absolute atomic E-state index is 5.95. The Morgan fingerprint density at radius 1 is 1.56 bits per heavy atom. The van der Waals surface area contributed by atoms with Crippen LogP contribution in [0.3, 0.4) is 0 Å². The molecule has 0 aromatic carbocycles. The Labute approximate surface area is 101 Å². The Morgan fingerprint density at radius 2 is 2.44 bits per heavy atom. The molecule has 1 aliphatic rings. The van der Waals surface area contributed by atoms with Crippen molar-refractivity contribution in [3.05, 3.63) is 12.2 Å². The van der Waals surface area contributed by atoms with Crippen LogP contribution in [0.4, 0.5) is 0 Å². The van der Waals surface area contributed by atoms with Crippen molar-refractivity contribution in [1.82, 2.24) is 20.1 Å². The molecule has 4 nitrogen and oxygen atoms in total. The van der Waals surface area contributed by atoms with E-state index in [9.17, 15) is 0 Å². The lowest BCUT2D eigenvalue weighted by Crippen LogP contribution is -2.33. The Morgan fingerprint density at radius 3 is 3.19 bits per heavy atom. The number of hydrogen-bond donors (Lipinski definition) is 1. The highest BCUT2D eigenvalue weighted by Gasteiger charge is 2.26. The van der Waals surface area contributed by atoms with E-state index in [0.29, 0.717) is 12.0 Å². The molecule has 0 spiro atoms. The van der Waals surface area contributed by atoms with Gasteiger partial charge < -0.3 is 5.32 Å². The SMILES string of the molecule is CCn1ncnc1CNC1CCCC1CCl. The zero-order valence-electron chi connectivity index (χ0n) is 9.69. The highest BCUT2D eigenvalue weighted by Crippen LogP contribution is 2.26. The van der Waals surface area contributed by atoms with Gasteiger partial charge in [0, 0.05) is 18.5 Å². The van der Waals surface area contributed by atoms with Crippen LogP contribution in [0.2, 0.25) is 0 Å². The molecule has 5 heteroatoms. The van der Waals surface area contributed by atoms with Crippen molar-refractivity contribution in [2.45, 2.75) is 45.3 Å². The van der Waals surface area contributed by atoms with Crippen LogP contribution < -0.4 is 5.32 Å². The summed E-state index contributed by atoms with van der Waals surface area (Å²) in [7, 11) is 0. The molecule has 2 atom stereocenters. The van der Waals surface area contributed by atoms with Crippen molar-refractivity contribution < 1.29 is 0 Å². The highest BCUT2D eigenvalue weighted by molar-refractivity contribution is 6.18. The standard InChI is InChI=1S/C11H19ClN4/c1-2-16-11(14-8-15-16)7-13-10-5-3-4-9(10)6-12/h8-10,13H,2-7H2,1H3. The topological polar surface area (TPSA) is 42.7 Å². The maximum atomic E-state index is 5.95. The molecule has 0 radical (unpaired) electrons. The van der Waals surface area contributed by atoms with Crippen molar-refractivity contribution in [2.24, 2.45) is 5.92 Å². The summed E-state index contributed by atoms with van der Waals surface area (Å²) in [5, 5.41) is 7.71. The summed E-state index contributed by atoms with van der Waals surface area (Å²) in [5.41, 5.74) is 0. The van der Waals surface area contributed by atoms with Crippen LogP contribution in [-0.4, -0.2) is 26.7 Å². The van der Waals surface area contributed by atoms with Gasteiger partial charge in [-0.1, -0.05) is 6.42 Å². The Hall–Kier alpha value is -0.610. The molecule has 1 aliphatic carbocycles. The second-order valence-corrected chi connectivity index (χ2v) is 4.63. The van der Waals surface area contributed by atoms with Crippen molar-refractivity contribution >= 4 is 11.6 Å². The lowest BCUT2D eigenvalue weighted by Gasteiger charge is -2.18. The van der Waals surface area contributed by atoms with E-state index in [2.05, 4.69) is 22.3 Å². The zero-order chi connectivity index (χ0) is 11.4. The van der Waals surface area contributed by atoms with Gasteiger partial charge in [-0.3, -0.25) is 0 Å². The maximum Gasteiger partial charge on any atom is 0.140 e. The van der Waals surface area contributed by atoms with Crippen molar-refractivity contribution in [3.63, 3.8) is 0 Å². The van der Waals surface area contributed by atoms with E-state index in [1.54, 1.807) is 6.33 Å². The second kappa shape index (κ2) is 5.64. The molecule has 0 aliphatic heterocycles. The normalized spacial score (nSPS) is 25.1. The average molecular weight is 243 g/mol. The van der Waals surface area contributed by atoms with Crippen LogP contribution in [0.25, 0.3) is 0 Å². The molecule has 1 heterocycles. The van der Waals surface area contributed by atoms with E-state index in [1.807, 2.05) is 4.68 Å². The number of aromatic nitrogens is 3. The molecule has 2 rings (SSSR count). The Kier molecular flexibility index (Phi) is 4.18. The number of halogens is 1. The summed E-state index contributed by atoms with van der Waals surface area (Å²) < 4.78 is 1.93. The molecule has 1 aromatic rings. The van der Waals surface area contributed by atoms with Crippen LogP contribution in [0.5, 0.6) is 0 Å². The molecule has 90 valence electrons. The summed E-state index contributed by atoms with van der Waals surface area (Å²) in [5.74, 6) is 2.40. The first kappa shape index (κ1) is 11.9. The largest absolute Gasteiger partial charge is 0.307 e. The number of rotatable bonds is 5. The van der Waals surface area contributed by atoms with Crippen LogP contribution in [-0.2, 0) is 13.1 Å². The van der Waals surface area contributed by atoms with Crippen LogP contribution in [0.15, 0.2) is 6.33 Å². The summed E-state index contributed by atoms with van der Waals surface area (Å²) in [6, 6.07) is 0.555. The quantitative estimate of drug-likeness (QED) is 0.801. The Balaban J connectivity index is 1.87. The van der Waals surface area contributed by atoms with E-state index >= 15 is 0 Å². The van der Waals surface area contributed by atoms with Gasteiger partial charge >= 0.3 is 0 Å². The molecule has 0 saturated heterocycles. The molecule has 0 amide bonds. The minimum Gasteiger partial charge on any atom is -0.307 e. The molecular weight excluding hydrogens is 224 g/mol. The minimum absolute atomic E-state index is 0.555. The van der Waals surface area contributed by atoms with Crippen molar-refractivity contribution in [1.29, 1.82) is 0 Å². The van der Waals surface area contributed by atoms with Gasteiger partial charge in [0.1, 0.15) is 12.2 Å². The predicted octanol–water partition coefficient (Wildman–Crippen LogP) is 1.80. The first-order valence-electron chi connectivity index (χ1n) is 6.01. The van der Waals surface area contributed by atoms with Crippen LogP contribution in [0.1, 0.15) is 32.0 Å². The Bertz CT molecular complexity index is 326. The number of alkyl halides is 1. The number of nitrogens with one attached hydrogen (secondary N) is 1. The number of nitrogens with zero attached hydrogens (tertiary/aromatic N) is 3. The second-order valence-electron chi connectivity index (χ2n) is 4.32. The van der Waals surface area contributed by atoms with Gasteiger partial charge in [0.05, 0.1) is 6.54 Å². The van der Waals surface area contributed by atoms with Gasteiger partial charge in [0.15, 0.2) is 0 Å². The first-order valence-corrected chi connectivity index (χ1v) is 6.54. The summed E-state index contributed by atoms with van der Waals surface area (Å²) in [6.45, 7) is 3.75. The minimum atomic E-state index is 0.555. The third-order valence-electron chi connectivity index (χ3n) is 3.37. The fourth-order valence-corrected chi connectivity index (χ4v) is 2.77. The predicted molar refractivity (Wildman–Crippen MR) is 64.4 cm³/mol. The van der Waals surface area contributed by atoms with Crippen LogP contribution >= 0.6 is 11.6 Å². The summed E-state index contributed by atoms with van der Waals surface area (Å²) in [6.07, 6.45) is 5.39. The lowest BCUT2D eigenvalue weighted by atomic mass is 10.1. The average Bonchev–Trinajstić information content (AvgIpc) is 2.94. The molecule has 0 bridgehead atoms. The third kappa shape index (κ3) is 2.55.